The van der Waals surface area contributed by atoms with Gasteiger partial charge in [-0.2, -0.15) is 0 Å². The van der Waals surface area contributed by atoms with Crippen LogP contribution in [0, 0.1) is 0 Å². The highest BCUT2D eigenvalue weighted by Crippen LogP contribution is 2.13. The summed E-state index contributed by atoms with van der Waals surface area (Å²) < 4.78 is 6.99. The monoisotopic (exact) mass is 372 g/mol. The molecule has 140 valence electrons. The average molecular weight is 372 g/mol. The van der Waals surface area contributed by atoms with Crippen molar-refractivity contribution in [2.24, 2.45) is 0 Å². The van der Waals surface area contributed by atoms with Crippen LogP contribution >= 0.6 is 0 Å². The summed E-state index contributed by atoms with van der Waals surface area (Å²) in [4.78, 5) is 17.0. The van der Waals surface area contributed by atoms with E-state index in [4.69, 9.17) is 4.42 Å². The van der Waals surface area contributed by atoms with Gasteiger partial charge in [-0.15, -0.1) is 5.10 Å². The predicted molar refractivity (Wildman–Crippen MR) is 105 cm³/mol. The van der Waals surface area contributed by atoms with Gasteiger partial charge in [0.2, 0.25) is 5.82 Å². The van der Waals surface area contributed by atoms with Crippen molar-refractivity contribution in [3.05, 3.63) is 102 Å². The molecule has 0 unspecified atom stereocenters. The number of amides is 1. The number of hydrogen-bond donors (Lipinski definition) is 1. The molecule has 1 N–H and O–H groups in total. The topological polar surface area (TPSA) is 73.0 Å². The Morgan fingerprint density at radius 3 is 2.39 bits per heavy atom. The Bertz CT molecular complexity index is 1030. The number of aromatic nitrogens is 3. The van der Waals surface area contributed by atoms with Crippen LogP contribution in [0.3, 0.4) is 0 Å². The van der Waals surface area contributed by atoms with Gasteiger partial charge in [0.1, 0.15) is 11.6 Å². The summed E-state index contributed by atoms with van der Waals surface area (Å²) in [5.41, 5.74) is 2.09. The van der Waals surface area contributed by atoms with Crippen LogP contribution in [0.1, 0.15) is 27.8 Å². The number of nitrogens with zero attached hydrogens (tertiary/aromatic N) is 3. The van der Waals surface area contributed by atoms with E-state index in [2.05, 4.69) is 27.5 Å². The van der Waals surface area contributed by atoms with Crippen molar-refractivity contribution < 1.29 is 9.21 Å². The van der Waals surface area contributed by atoms with E-state index < -0.39 is 0 Å². The summed E-state index contributed by atoms with van der Waals surface area (Å²) in [6.07, 6.45) is 3.07. The quantitative estimate of drug-likeness (QED) is 0.538. The Balaban J connectivity index is 1.55. The van der Waals surface area contributed by atoms with Gasteiger partial charge in [-0.3, -0.25) is 4.79 Å². The first kappa shape index (κ1) is 17.7. The highest BCUT2D eigenvalue weighted by molar-refractivity contribution is 5.90. The third kappa shape index (κ3) is 4.17. The van der Waals surface area contributed by atoms with Crippen LogP contribution in [-0.4, -0.2) is 20.7 Å². The standard InChI is InChI=1S/C22H20N4O2/c27-22(23-16-19-12-7-15-28-19)21-24-20(14-13-17-8-3-1-4-9-17)26(25-21)18-10-5-2-6-11-18/h1-12,15H,13-14,16H2,(H,23,27). The number of benzene rings is 2. The first-order valence-corrected chi connectivity index (χ1v) is 9.15. The summed E-state index contributed by atoms with van der Waals surface area (Å²) in [5, 5.41) is 7.25. The lowest BCUT2D eigenvalue weighted by Gasteiger charge is -2.05. The molecule has 0 aliphatic carbocycles. The van der Waals surface area contributed by atoms with Crippen molar-refractivity contribution in [3.63, 3.8) is 0 Å². The van der Waals surface area contributed by atoms with Crippen LogP contribution in [0.5, 0.6) is 0 Å². The van der Waals surface area contributed by atoms with Gasteiger partial charge in [0.25, 0.3) is 5.91 Å². The van der Waals surface area contributed by atoms with E-state index in [9.17, 15) is 4.79 Å². The predicted octanol–water partition coefficient (Wildman–Crippen LogP) is 3.58. The summed E-state index contributed by atoms with van der Waals surface area (Å²) >= 11 is 0. The van der Waals surface area contributed by atoms with Crippen molar-refractivity contribution in [1.29, 1.82) is 0 Å². The molecule has 1 amide bonds. The van der Waals surface area contributed by atoms with Gasteiger partial charge in [-0.05, 0) is 36.2 Å². The maximum Gasteiger partial charge on any atom is 0.291 e. The van der Waals surface area contributed by atoms with E-state index in [-0.39, 0.29) is 11.7 Å². The Morgan fingerprint density at radius 2 is 1.68 bits per heavy atom. The van der Waals surface area contributed by atoms with Gasteiger partial charge in [-0.25, -0.2) is 9.67 Å². The number of carbonyl (C=O) groups is 1. The number of rotatable bonds is 7. The van der Waals surface area contributed by atoms with Crippen molar-refractivity contribution in [2.45, 2.75) is 19.4 Å². The molecule has 0 saturated heterocycles. The second-order valence-corrected chi connectivity index (χ2v) is 6.35. The number of para-hydroxylation sites is 1. The van der Waals surface area contributed by atoms with Gasteiger partial charge in [0.05, 0.1) is 18.5 Å². The molecule has 4 rings (SSSR count). The molecule has 0 saturated carbocycles. The molecule has 0 radical (unpaired) electrons. The third-order valence-corrected chi connectivity index (χ3v) is 4.36. The Kier molecular flexibility index (Phi) is 5.29. The van der Waals surface area contributed by atoms with Crippen LogP contribution < -0.4 is 5.32 Å². The molecule has 6 heteroatoms. The largest absolute Gasteiger partial charge is 0.467 e. The SMILES string of the molecule is O=C(NCc1ccco1)c1nc(CCc2ccccc2)n(-c2ccccc2)n1. The van der Waals surface area contributed by atoms with Crippen LogP contribution in [0.15, 0.2) is 83.5 Å². The molecule has 28 heavy (non-hydrogen) atoms. The Labute approximate surface area is 162 Å². The molecule has 2 aromatic heterocycles. The second kappa shape index (κ2) is 8.35. The van der Waals surface area contributed by atoms with Gasteiger partial charge in [0, 0.05) is 6.42 Å². The number of furan rings is 1. The first-order chi connectivity index (χ1) is 13.8. The van der Waals surface area contributed by atoms with Crippen LogP contribution in [-0.2, 0) is 19.4 Å². The van der Waals surface area contributed by atoms with E-state index in [1.54, 1.807) is 17.0 Å². The molecule has 0 spiro atoms. The summed E-state index contributed by atoms with van der Waals surface area (Å²) in [6, 6.07) is 23.5. The van der Waals surface area contributed by atoms with E-state index in [0.29, 0.717) is 18.7 Å². The lowest BCUT2D eigenvalue weighted by Crippen LogP contribution is -2.24. The second-order valence-electron chi connectivity index (χ2n) is 6.35. The molecule has 0 aliphatic rings. The van der Waals surface area contributed by atoms with Crippen molar-refractivity contribution in [1.82, 2.24) is 20.1 Å². The number of nitrogens with one attached hydrogen (secondary N) is 1. The van der Waals surface area contributed by atoms with Crippen LogP contribution in [0.2, 0.25) is 0 Å². The fraction of sp³-hybridized carbons (Fsp3) is 0.136. The zero-order valence-electron chi connectivity index (χ0n) is 15.3. The first-order valence-electron chi connectivity index (χ1n) is 9.15. The molecule has 0 fully saturated rings. The summed E-state index contributed by atoms with van der Waals surface area (Å²) in [7, 11) is 0. The van der Waals surface area contributed by atoms with Crippen LogP contribution in [0.4, 0.5) is 0 Å². The van der Waals surface area contributed by atoms with Gasteiger partial charge >= 0.3 is 0 Å². The van der Waals surface area contributed by atoms with Crippen LogP contribution in [0.25, 0.3) is 5.69 Å². The number of carbonyl (C=O) groups excluding carboxylic acids is 1. The molecule has 0 bridgehead atoms. The molecule has 2 heterocycles. The number of hydrogen-bond acceptors (Lipinski definition) is 4. The third-order valence-electron chi connectivity index (χ3n) is 4.36. The molecule has 0 atom stereocenters. The van der Waals surface area contributed by atoms with E-state index in [0.717, 1.165) is 17.9 Å². The minimum Gasteiger partial charge on any atom is -0.467 e. The molecule has 2 aromatic carbocycles. The van der Waals surface area contributed by atoms with Crippen molar-refractivity contribution >= 4 is 5.91 Å². The van der Waals surface area contributed by atoms with Gasteiger partial charge < -0.3 is 9.73 Å². The fourth-order valence-electron chi connectivity index (χ4n) is 2.94. The lowest BCUT2D eigenvalue weighted by molar-refractivity contribution is 0.0937. The highest BCUT2D eigenvalue weighted by atomic mass is 16.3. The zero-order chi connectivity index (χ0) is 19.2. The van der Waals surface area contributed by atoms with Crippen molar-refractivity contribution in [2.75, 3.05) is 0 Å². The highest BCUT2D eigenvalue weighted by Gasteiger charge is 2.17. The minimum absolute atomic E-state index is 0.151. The zero-order valence-corrected chi connectivity index (χ0v) is 15.3. The Morgan fingerprint density at radius 1 is 0.929 bits per heavy atom. The molecular weight excluding hydrogens is 352 g/mol. The maximum absolute atomic E-state index is 12.5. The molecule has 0 aliphatic heterocycles. The number of aryl methyl sites for hydroxylation is 2. The average Bonchev–Trinajstić information content (AvgIpc) is 3.42. The van der Waals surface area contributed by atoms with Gasteiger partial charge in [-0.1, -0.05) is 48.5 Å². The molecular formula is C22H20N4O2. The summed E-state index contributed by atoms with van der Waals surface area (Å²) in [5.74, 6) is 1.25. The van der Waals surface area contributed by atoms with Gasteiger partial charge in [0.15, 0.2) is 0 Å². The Hall–Kier alpha value is -3.67. The van der Waals surface area contributed by atoms with E-state index >= 15 is 0 Å². The smallest absolute Gasteiger partial charge is 0.291 e. The fourth-order valence-corrected chi connectivity index (χ4v) is 2.94. The van der Waals surface area contributed by atoms with E-state index in [1.807, 2.05) is 54.6 Å². The minimum atomic E-state index is -0.327. The molecule has 6 nitrogen and oxygen atoms in total. The molecule has 4 aromatic rings. The maximum atomic E-state index is 12.5. The summed E-state index contributed by atoms with van der Waals surface area (Å²) in [6.45, 7) is 0.297. The van der Waals surface area contributed by atoms with E-state index in [1.165, 1.54) is 5.56 Å². The normalized spacial score (nSPS) is 10.7. The lowest BCUT2D eigenvalue weighted by atomic mass is 10.1. The van der Waals surface area contributed by atoms with Crippen molar-refractivity contribution in [3.8, 4) is 5.69 Å².